The number of pyridine rings is 1. The minimum absolute atomic E-state index is 0.253. The maximum absolute atomic E-state index is 12.1. The van der Waals surface area contributed by atoms with Crippen molar-refractivity contribution in [2.24, 2.45) is 10.8 Å². The topological polar surface area (TPSA) is 88.6 Å². The highest BCUT2D eigenvalue weighted by atomic mass is 16.2. The highest BCUT2D eigenvalue weighted by Gasteiger charge is 2.15. The van der Waals surface area contributed by atoms with Crippen molar-refractivity contribution in [1.29, 1.82) is 0 Å². The molecule has 6 nitrogen and oxygen atoms in total. The van der Waals surface area contributed by atoms with E-state index in [1.807, 2.05) is 12.1 Å². The van der Waals surface area contributed by atoms with E-state index in [1.54, 1.807) is 30.3 Å². The fourth-order valence-electron chi connectivity index (χ4n) is 2.06. The van der Waals surface area contributed by atoms with Gasteiger partial charge in [0.05, 0.1) is 10.9 Å². The lowest BCUT2D eigenvalue weighted by Crippen LogP contribution is -2.35. The molecule has 0 radical (unpaired) electrons. The van der Waals surface area contributed by atoms with Gasteiger partial charge in [0.2, 0.25) is 0 Å². The Morgan fingerprint density at radius 2 is 1.86 bits per heavy atom. The van der Waals surface area contributed by atoms with Gasteiger partial charge in [0.25, 0.3) is 11.8 Å². The van der Waals surface area contributed by atoms with Crippen LogP contribution in [0.3, 0.4) is 0 Å². The Morgan fingerprint density at radius 3 is 2.64 bits per heavy atom. The zero-order valence-corrected chi connectivity index (χ0v) is 11.5. The van der Waals surface area contributed by atoms with Gasteiger partial charge in [-0.3, -0.25) is 19.6 Å². The van der Waals surface area contributed by atoms with Crippen molar-refractivity contribution in [3.63, 3.8) is 0 Å². The van der Waals surface area contributed by atoms with Gasteiger partial charge in [0, 0.05) is 29.4 Å². The van der Waals surface area contributed by atoms with E-state index < -0.39 is 11.8 Å². The number of nitrogens with two attached hydrogens (primary N) is 1. The van der Waals surface area contributed by atoms with E-state index in [1.165, 1.54) is 18.6 Å². The lowest BCUT2D eigenvalue weighted by molar-refractivity contribution is -0.114. The number of rotatable bonds is 2. The van der Waals surface area contributed by atoms with Crippen molar-refractivity contribution in [2.75, 3.05) is 0 Å². The number of para-hydroxylation sites is 1. The first-order valence-corrected chi connectivity index (χ1v) is 6.55. The Hall–Kier alpha value is -3.12. The van der Waals surface area contributed by atoms with Crippen LogP contribution in [0.1, 0.15) is 10.4 Å². The van der Waals surface area contributed by atoms with Gasteiger partial charge in [0.15, 0.2) is 0 Å². The number of amides is 2. The first-order valence-electron chi connectivity index (χ1n) is 6.55. The molecule has 1 aromatic carbocycles. The van der Waals surface area contributed by atoms with Crippen LogP contribution in [0.5, 0.6) is 0 Å². The molecule has 0 saturated carbocycles. The Balaban J connectivity index is 1.94. The second kappa shape index (κ2) is 5.71. The van der Waals surface area contributed by atoms with E-state index in [2.05, 4.69) is 9.98 Å². The average Bonchev–Trinajstić information content (AvgIpc) is 2.55. The summed E-state index contributed by atoms with van der Waals surface area (Å²) in [5.74, 6) is 4.87. The number of hydrazine groups is 1. The molecule has 0 bridgehead atoms. The summed E-state index contributed by atoms with van der Waals surface area (Å²) >= 11 is 0. The number of carbonyl (C=O) groups is 2. The van der Waals surface area contributed by atoms with Crippen LogP contribution in [0.2, 0.25) is 0 Å². The number of benzene rings is 1. The van der Waals surface area contributed by atoms with Crippen molar-refractivity contribution in [1.82, 2.24) is 9.99 Å². The highest BCUT2D eigenvalue weighted by Crippen LogP contribution is 2.06. The van der Waals surface area contributed by atoms with E-state index in [-0.39, 0.29) is 5.57 Å². The van der Waals surface area contributed by atoms with Crippen molar-refractivity contribution in [2.45, 2.75) is 0 Å². The maximum atomic E-state index is 12.1. The van der Waals surface area contributed by atoms with Gasteiger partial charge < -0.3 is 0 Å². The van der Waals surface area contributed by atoms with Gasteiger partial charge in [-0.25, -0.2) is 10.8 Å². The van der Waals surface area contributed by atoms with Crippen LogP contribution in [-0.2, 0) is 4.79 Å². The van der Waals surface area contributed by atoms with Gasteiger partial charge >= 0.3 is 0 Å². The van der Waals surface area contributed by atoms with E-state index in [9.17, 15) is 9.59 Å². The van der Waals surface area contributed by atoms with Crippen LogP contribution >= 0.6 is 0 Å². The monoisotopic (exact) mass is 292 g/mol. The minimum Gasteiger partial charge on any atom is -0.267 e. The predicted molar refractivity (Wildman–Crippen MR) is 79.4 cm³/mol. The Labute approximate surface area is 125 Å². The summed E-state index contributed by atoms with van der Waals surface area (Å²) in [6.45, 7) is 0. The van der Waals surface area contributed by atoms with Crippen LogP contribution < -0.4 is 16.4 Å². The molecule has 0 unspecified atom stereocenters. The molecule has 1 aromatic heterocycles. The summed E-state index contributed by atoms with van der Waals surface area (Å²) in [4.78, 5) is 31.9. The molecule has 3 rings (SSSR count). The summed E-state index contributed by atoms with van der Waals surface area (Å²) < 4.78 is 0. The summed E-state index contributed by atoms with van der Waals surface area (Å²) in [7, 11) is 0. The molecule has 0 spiro atoms. The zero-order chi connectivity index (χ0) is 15.5. The molecule has 108 valence electrons. The van der Waals surface area contributed by atoms with Crippen LogP contribution in [0.25, 0.3) is 6.08 Å². The van der Waals surface area contributed by atoms with Gasteiger partial charge in [-0.2, -0.15) is 0 Å². The lowest BCUT2D eigenvalue weighted by atomic mass is 10.1. The lowest BCUT2D eigenvalue weighted by Gasteiger charge is -2.13. The quantitative estimate of drug-likeness (QED) is 0.363. The average molecular weight is 292 g/mol. The summed E-state index contributed by atoms with van der Waals surface area (Å²) in [6, 6.07) is 10.3. The minimum atomic E-state index is -0.435. The van der Waals surface area contributed by atoms with E-state index in [4.69, 9.17) is 5.84 Å². The summed E-state index contributed by atoms with van der Waals surface area (Å²) in [5, 5.41) is 2.29. The molecule has 6 heteroatoms. The van der Waals surface area contributed by atoms with Crippen LogP contribution in [0, 0.1) is 0 Å². The molecule has 1 aliphatic heterocycles. The van der Waals surface area contributed by atoms with Crippen LogP contribution in [0.15, 0.2) is 65.6 Å². The SMILES string of the molecule is NN(C=C1C=c2ccccc2=NC1=O)C(=O)c1ccncc1. The Bertz CT molecular complexity index is 888. The van der Waals surface area contributed by atoms with Gasteiger partial charge in [-0.05, 0) is 24.3 Å². The van der Waals surface area contributed by atoms with Crippen molar-refractivity contribution in [3.8, 4) is 0 Å². The Kier molecular flexibility index (Phi) is 3.59. The van der Waals surface area contributed by atoms with E-state index >= 15 is 0 Å². The number of aromatic nitrogens is 1. The number of nitrogens with zero attached hydrogens (tertiary/aromatic N) is 3. The molecule has 2 amide bonds. The number of hydrogen-bond acceptors (Lipinski definition) is 4. The van der Waals surface area contributed by atoms with Gasteiger partial charge in [-0.15, -0.1) is 0 Å². The van der Waals surface area contributed by atoms with Crippen LogP contribution in [-0.4, -0.2) is 21.8 Å². The van der Waals surface area contributed by atoms with Crippen molar-refractivity contribution >= 4 is 17.9 Å². The maximum Gasteiger partial charge on any atom is 0.279 e. The molecule has 2 heterocycles. The molecular formula is C16H12N4O2. The predicted octanol–water partition coefficient (Wildman–Crippen LogP) is -0.0781. The highest BCUT2D eigenvalue weighted by molar-refractivity contribution is 6.04. The second-order valence-electron chi connectivity index (χ2n) is 4.65. The third-order valence-electron chi connectivity index (χ3n) is 3.16. The zero-order valence-electron chi connectivity index (χ0n) is 11.5. The summed E-state index contributed by atoms with van der Waals surface area (Å²) in [5.41, 5.74) is 0.638. The van der Waals surface area contributed by atoms with E-state index in [0.717, 1.165) is 10.2 Å². The third kappa shape index (κ3) is 2.68. The standard InChI is InChI=1S/C16H12N4O2/c17-20(16(22)11-5-7-18-8-6-11)10-13-9-12-3-1-2-4-14(12)19-15(13)21/h1-10H,17H2. The largest absolute Gasteiger partial charge is 0.279 e. The molecule has 0 saturated heterocycles. The van der Waals surface area contributed by atoms with Crippen molar-refractivity contribution in [3.05, 3.63) is 76.7 Å². The first-order chi connectivity index (χ1) is 10.6. The Morgan fingerprint density at radius 1 is 1.14 bits per heavy atom. The molecule has 2 aromatic rings. The number of carbonyl (C=O) groups excluding carboxylic acids is 2. The smallest absolute Gasteiger partial charge is 0.267 e. The molecule has 0 aliphatic carbocycles. The number of hydrogen-bond donors (Lipinski definition) is 1. The second-order valence-corrected chi connectivity index (χ2v) is 4.65. The molecule has 0 atom stereocenters. The third-order valence-corrected chi connectivity index (χ3v) is 3.16. The molecule has 1 aliphatic rings. The van der Waals surface area contributed by atoms with Gasteiger partial charge in [0.1, 0.15) is 0 Å². The molecule has 0 fully saturated rings. The fraction of sp³-hybridized carbons (Fsp3) is 0. The normalized spacial score (nSPS) is 14.8. The van der Waals surface area contributed by atoms with E-state index in [0.29, 0.717) is 10.9 Å². The number of fused-ring (bicyclic) bond motifs is 1. The molecular weight excluding hydrogens is 280 g/mol. The van der Waals surface area contributed by atoms with Crippen molar-refractivity contribution < 1.29 is 9.59 Å². The summed E-state index contributed by atoms with van der Waals surface area (Å²) in [6.07, 6.45) is 5.93. The van der Waals surface area contributed by atoms with Gasteiger partial charge in [-0.1, -0.05) is 18.2 Å². The van der Waals surface area contributed by atoms with Crippen LogP contribution in [0.4, 0.5) is 0 Å². The molecule has 22 heavy (non-hydrogen) atoms. The molecule has 2 N–H and O–H groups in total. The first kappa shape index (κ1) is 13.8. The fourth-order valence-corrected chi connectivity index (χ4v) is 2.06.